The van der Waals surface area contributed by atoms with Gasteiger partial charge in [0.1, 0.15) is 11.5 Å². The third kappa shape index (κ3) is 5.36. The van der Waals surface area contributed by atoms with E-state index in [0.29, 0.717) is 11.5 Å². The van der Waals surface area contributed by atoms with Crippen molar-refractivity contribution in [2.75, 3.05) is 14.2 Å². The van der Waals surface area contributed by atoms with Gasteiger partial charge in [0.25, 0.3) is 0 Å². The summed E-state index contributed by atoms with van der Waals surface area (Å²) in [6, 6.07) is 13.2. The number of allylic oxidation sites excluding steroid dienone is 1. The van der Waals surface area contributed by atoms with Crippen LogP contribution in [0.4, 0.5) is 0 Å². The largest absolute Gasteiger partial charge is 0.497 e. The van der Waals surface area contributed by atoms with Gasteiger partial charge in [-0.3, -0.25) is 0 Å². The lowest BCUT2D eigenvalue weighted by Crippen LogP contribution is -2.22. The van der Waals surface area contributed by atoms with Crippen LogP contribution in [0.2, 0.25) is 0 Å². The van der Waals surface area contributed by atoms with Gasteiger partial charge in [0.05, 0.1) is 19.9 Å². The fourth-order valence-corrected chi connectivity index (χ4v) is 2.48. The Labute approximate surface area is 155 Å². The van der Waals surface area contributed by atoms with Crippen LogP contribution < -0.4 is 20.9 Å². The summed E-state index contributed by atoms with van der Waals surface area (Å²) in [6.07, 6.45) is 3.68. The first-order valence-corrected chi connectivity index (χ1v) is 8.15. The molecule has 7 heteroatoms. The number of ether oxygens (including phenoxy) is 2. The van der Waals surface area contributed by atoms with Crippen LogP contribution in [0.5, 0.6) is 11.5 Å². The Kier molecular flexibility index (Phi) is 6.59. The highest BCUT2D eigenvalue weighted by Gasteiger charge is 2.05. The van der Waals surface area contributed by atoms with Crippen molar-refractivity contribution in [2.45, 2.75) is 0 Å². The number of halogens is 1. The zero-order valence-corrected chi connectivity index (χ0v) is 15.5. The number of nitrogens with zero attached hydrogens (tertiary/aromatic N) is 2. The van der Waals surface area contributed by atoms with E-state index in [-0.39, 0.29) is 5.96 Å². The van der Waals surface area contributed by atoms with Crippen LogP contribution in [0.1, 0.15) is 11.1 Å². The number of hydrogen-bond donors (Lipinski definition) is 2. The molecule has 0 spiro atoms. The van der Waals surface area contributed by atoms with Gasteiger partial charge in [-0.15, -0.1) is 10.2 Å². The molecule has 4 N–H and O–H groups in total. The Balaban J connectivity index is 2.45. The van der Waals surface area contributed by atoms with Crippen LogP contribution >= 0.6 is 15.9 Å². The van der Waals surface area contributed by atoms with Gasteiger partial charge in [-0.05, 0) is 42.5 Å². The molecule has 0 saturated carbocycles. The van der Waals surface area contributed by atoms with E-state index in [2.05, 4.69) is 26.1 Å². The van der Waals surface area contributed by atoms with Gasteiger partial charge in [-0.1, -0.05) is 28.1 Å². The van der Waals surface area contributed by atoms with E-state index >= 15 is 0 Å². The fourth-order valence-electron chi connectivity index (χ4n) is 2.09. The van der Waals surface area contributed by atoms with Crippen molar-refractivity contribution < 1.29 is 9.47 Å². The van der Waals surface area contributed by atoms with Crippen LogP contribution in [0, 0.1) is 0 Å². The normalized spacial score (nSPS) is 11.4. The first kappa shape index (κ1) is 18.5. The van der Waals surface area contributed by atoms with E-state index < -0.39 is 0 Å². The third-order valence-electron chi connectivity index (χ3n) is 3.25. The molecule has 0 atom stereocenters. The summed E-state index contributed by atoms with van der Waals surface area (Å²) in [5.41, 5.74) is 13.1. The van der Waals surface area contributed by atoms with Gasteiger partial charge in [-0.2, -0.15) is 0 Å². The van der Waals surface area contributed by atoms with E-state index in [1.54, 1.807) is 14.2 Å². The second kappa shape index (κ2) is 8.89. The highest BCUT2D eigenvalue weighted by Crippen LogP contribution is 2.25. The first-order chi connectivity index (χ1) is 12.0. The molecule has 2 aromatic rings. The molecular formula is C18H19BrN4O2. The van der Waals surface area contributed by atoms with Crippen molar-refractivity contribution in [3.63, 3.8) is 0 Å². The van der Waals surface area contributed by atoms with E-state index in [9.17, 15) is 0 Å². The lowest BCUT2D eigenvalue weighted by Gasteiger charge is -2.07. The zero-order valence-electron chi connectivity index (χ0n) is 13.9. The third-order valence-corrected chi connectivity index (χ3v) is 3.74. The summed E-state index contributed by atoms with van der Waals surface area (Å²) in [4.78, 5) is 0. The predicted octanol–water partition coefficient (Wildman–Crippen LogP) is 3.16. The molecule has 2 rings (SSSR count). The van der Waals surface area contributed by atoms with Gasteiger partial charge in [0.2, 0.25) is 5.96 Å². The SMILES string of the molecule is COc1ccc(OC)c(/C=C/C(=N/N=C(N)N)c2cccc(Br)c2)c1. The Hall–Kier alpha value is -2.80. The predicted molar refractivity (Wildman–Crippen MR) is 105 cm³/mol. The smallest absolute Gasteiger partial charge is 0.211 e. The number of methoxy groups -OCH3 is 2. The number of guanidine groups is 1. The number of hydrogen-bond acceptors (Lipinski definition) is 4. The molecule has 130 valence electrons. The van der Waals surface area contributed by atoms with Crippen molar-refractivity contribution in [3.05, 3.63) is 64.1 Å². The van der Waals surface area contributed by atoms with Crippen molar-refractivity contribution in [3.8, 4) is 11.5 Å². The molecule has 2 aromatic carbocycles. The summed E-state index contributed by atoms with van der Waals surface area (Å²) in [7, 11) is 3.23. The maximum atomic E-state index is 5.39. The maximum absolute atomic E-state index is 5.39. The van der Waals surface area contributed by atoms with Crippen molar-refractivity contribution in [2.24, 2.45) is 21.7 Å². The minimum absolute atomic E-state index is 0.111. The average molecular weight is 403 g/mol. The van der Waals surface area contributed by atoms with Crippen molar-refractivity contribution in [1.29, 1.82) is 0 Å². The molecule has 0 aliphatic heterocycles. The first-order valence-electron chi connectivity index (χ1n) is 7.36. The van der Waals surface area contributed by atoms with Crippen LogP contribution in [-0.2, 0) is 0 Å². The molecule has 0 amide bonds. The molecule has 0 radical (unpaired) electrons. The molecule has 0 fully saturated rings. The number of benzene rings is 2. The van der Waals surface area contributed by atoms with E-state index in [0.717, 1.165) is 21.3 Å². The topological polar surface area (TPSA) is 95.2 Å². The molecule has 0 aliphatic carbocycles. The molecule has 0 aliphatic rings. The summed E-state index contributed by atoms with van der Waals surface area (Å²) < 4.78 is 11.6. The van der Waals surface area contributed by atoms with E-state index in [1.807, 2.05) is 54.6 Å². The molecular weight excluding hydrogens is 384 g/mol. The van der Waals surface area contributed by atoms with Gasteiger partial charge in [-0.25, -0.2) is 0 Å². The average Bonchev–Trinajstić information content (AvgIpc) is 2.61. The van der Waals surface area contributed by atoms with Crippen LogP contribution in [0.25, 0.3) is 6.08 Å². The van der Waals surface area contributed by atoms with E-state index in [4.69, 9.17) is 20.9 Å². The Morgan fingerprint density at radius 1 is 1.04 bits per heavy atom. The molecule has 25 heavy (non-hydrogen) atoms. The minimum atomic E-state index is -0.111. The summed E-state index contributed by atoms with van der Waals surface area (Å²) in [6.45, 7) is 0. The van der Waals surface area contributed by atoms with Gasteiger partial charge in [0, 0.05) is 15.6 Å². The van der Waals surface area contributed by atoms with Crippen LogP contribution in [0.3, 0.4) is 0 Å². The summed E-state index contributed by atoms with van der Waals surface area (Å²) in [5, 5.41) is 7.88. The molecule has 0 unspecified atom stereocenters. The van der Waals surface area contributed by atoms with Crippen LogP contribution in [-0.4, -0.2) is 25.9 Å². The second-order valence-corrected chi connectivity index (χ2v) is 5.88. The van der Waals surface area contributed by atoms with Crippen LogP contribution in [0.15, 0.2) is 63.2 Å². The Morgan fingerprint density at radius 2 is 1.84 bits per heavy atom. The molecule has 0 heterocycles. The van der Waals surface area contributed by atoms with Gasteiger partial charge < -0.3 is 20.9 Å². The zero-order chi connectivity index (χ0) is 18.2. The van der Waals surface area contributed by atoms with Gasteiger partial charge >= 0.3 is 0 Å². The Morgan fingerprint density at radius 3 is 2.48 bits per heavy atom. The number of rotatable bonds is 6. The lowest BCUT2D eigenvalue weighted by molar-refractivity contribution is 0.402. The lowest BCUT2D eigenvalue weighted by atomic mass is 10.1. The molecule has 0 aromatic heterocycles. The molecule has 0 bridgehead atoms. The van der Waals surface area contributed by atoms with Crippen molar-refractivity contribution >= 4 is 33.7 Å². The Bertz CT molecular complexity index is 828. The van der Waals surface area contributed by atoms with E-state index in [1.165, 1.54) is 0 Å². The summed E-state index contributed by atoms with van der Waals surface area (Å²) in [5.74, 6) is 1.33. The number of nitrogens with two attached hydrogens (primary N) is 2. The van der Waals surface area contributed by atoms with Gasteiger partial charge in [0.15, 0.2) is 0 Å². The molecule has 6 nitrogen and oxygen atoms in total. The highest BCUT2D eigenvalue weighted by molar-refractivity contribution is 9.10. The molecule has 0 saturated heterocycles. The monoisotopic (exact) mass is 402 g/mol. The fraction of sp³-hybridized carbons (Fsp3) is 0.111. The maximum Gasteiger partial charge on any atom is 0.211 e. The second-order valence-electron chi connectivity index (χ2n) is 4.96. The standard InChI is InChI=1S/C18H19BrN4O2/c1-24-15-7-9-17(25-2)13(11-15)6-8-16(22-23-18(20)21)12-4-3-5-14(19)10-12/h3-11H,1-2H3,(H4,20,21,23)/b8-6+,22-16-. The minimum Gasteiger partial charge on any atom is -0.497 e. The summed E-state index contributed by atoms with van der Waals surface area (Å²) >= 11 is 3.45. The van der Waals surface area contributed by atoms with Crippen molar-refractivity contribution in [1.82, 2.24) is 0 Å². The quantitative estimate of drug-likeness (QED) is 0.440. The highest BCUT2D eigenvalue weighted by atomic mass is 79.9.